The van der Waals surface area contributed by atoms with Crippen molar-refractivity contribution in [3.05, 3.63) is 58.6 Å². The fraction of sp³-hybridized carbons (Fsp3) is 0.222. The van der Waals surface area contributed by atoms with Crippen LogP contribution >= 0.6 is 15.9 Å². The van der Waals surface area contributed by atoms with Crippen LogP contribution in [-0.2, 0) is 6.42 Å². The number of nitrogens with one attached hydrogen (secondary N) is 1. The van der Waals surface area contributed by atoms with Crippen LogP contribution < -0.4 is 0 Å². The van der Waals surface area contributed by atoms with Crippen LogP contribution in [0.5, 0.6) is 0 Å². The highest BCUT2D eigenvalue weighted by Crippen LogP contribution is 2.33. The largest absolute Gasteiger partial charge is 0.354 e. The molecule has 1 aromatic heterocycles. The Hall–Kier alpha value is -1.54. The number of halogens is 1. The molecular weight excluding hydrogens is 310 g/mol. The van der Waals surface area contributed by atoms with Crippen molar-refractivity contribution < 1.29 is 0 Å². The van der Waals surface area contributed by atoms with E-state index in [9.17, 15) is 0 Å². The fourth-order valence-corrected chi connectivity index (χ4v) is 3.05. The third kappa shape index (κ3) is 2.53. The number of unbranched alkanes of at least 4 members (excludes halogenated alkanes) is 1. The maximum Gasteiger partial charge on any atom is 0.0497 e. The van der Waals surface area contributed by atoms with Gasteiger partial charge in [0, 0.05) is 21.1 Å². The molecule has 1 nitrogen and oxygen atoms in total. The van der Waals surface area contributed by atoms with Gasteiger partial charge in [-0.25, -0.2) is 0 Å². The Morgan fingerprint density at radius 1 is 1.05 bits per heavy atom. The number of aryl methyl sites for hydroxylation is 1. The van der Waals surface area contributed by atoms with Crippen molar-refractivity contribution in [3.63, 3.8) is 0 Å². The maximum absolute atomic E-state index is 3.60. The Labute approximate surface area is 128 Å². The molecule has 1 N–H and O–H groups in total. The highest BCUT2D eigenvalue weighted by atomic mass is 79.9. The molecule has 2 aromatic carbocycles. The van der Waals surface area contributed by atoms with E-state index in [1.807, 2.05) is 0 Å². The first kappa shape index (κ1) is 13.4. The lowest BCUT2D eigenvalue weighted by Gasteiger charge is -2.04. The van der Waals surface area contributed by atoms with Crippen LogP contribution in [0.15, 0.2) is 53.0 Å². The van der Waals surface area contributed by atoms with Gasteiger partial charge in [-0.2, -0.15) is 0 Å². The topological polar surface area (TPSA) is 15.8 Å². The maximum atomic E-state index is 3.60. The summed E-state index contributed by atoms with van der Waals surface area (Å²) in [5, 5.41) is 1.34. The zero-order valence-electron chi connectivity index (χ0n) is 11.6. The van der Waals surface area contributed by atoms with E-state index in [4.69, 9.17) is 0 Å². The summed E-state index contributed by atoms with van der Waals surface area (Å²) in [6, 6.07) is 17.1. The molecule has 3 rings (SSSR count). The molecule has 0 saturated heterocycles. The lowest BCUT2D eigenvalue weighted by Crippen LogP contribution is -1.87. The Morgan fingerprint density at radius 3 is 2.60 bits per heavy atom. The number of H-pyrrole nitrogens is 1. The van der Waals surface area contributed by atoms with Crippen molar-refractivity contribution >= 4 is 26.8 Å². The predicted molar refractivity (Wildman–Crippen MR) is 90.0 cm³/mol. The summed E-state index contributed by atoms with van der Waals surface area (Å²) in [6.07, 6.45) is 3.56. The third-order valence-corrected chi connectivity index (χ3v) is 4.20. The van der Waals surface area contributed by atoms with Crippen LogP contribution in [0, 0.1) is 0 Å². The van der Waals surface area contributed by atoms with E-state index >= 15 is 0 Å². The molecule has 0 unspecified atom stereocenters. The molecule has 0 aliphatic heterocycles. The first-order chi connectivity index (χ1) is 9.79. The van der Waals surface area contributed by atoms with E-state index < -0.39 is 0 Å². The van der Waals surface area contributed by atoms with Gasteiger partial charge in [-0.05, 0) is 42.2 Å². The molecule has 0 radical (unpaired) electrons. The van der Waals surface area contributed by atoms with E-state index in [0.717, 1.165) is 10.9 Å². The van der Waals surface area contributed by atoms with Gasteiger partial charge >= 0.3 is 0 Å². The number of aromatic nitrogens is 1. The Morgan fingerprint density at radius 2 is 1.85 bits per heavy atom. The van der Waals surface area contributed by atoms with Gasteiger partial charge in [-0.3, -0.25) is 0 Å². The van der Waals surface area contributed by atoms with Crippen molar-refractivity contribution in [3.8, 4) is 11.3 Å². The summed E-state index contributed by atoms with van der Waals surface area (Å²) < 4.78 is 1.14. The van der Waals surface area contributed by atoms with Crippen LogP contribution in [0.25, 0.3) is 22.2 Å². The number of rotatable bonds is 4. The van der Waals surface area contributed by atoms with Crippen molar-refractivity contribution in [2.24, 2.45) is 0 Å². The van der Waals surface area contributed by atoms with Crippen molar-refractivity contribution in [1.29, 1.82) is 0 Å². The minimum Gasteiger partial charge on any atom is -0.354 e. The summed E-state index contributed by atoms with van der Waals surface area (Å²) >= 11 is 3.59. The van der Waals surface area contributed by atoms with Crippen molar-refractivity contribution in [2.75, 3.05) is 0 Å². The molecule has 102 valence electrons. The summed E-state index contributed by atoms with van der Waals surface area (Å²) in [5.74, 6) is 0. The SMILES string of the molecule is CCCCc1c(-c2ccccc2)[nH]c2ccc(Br)cc12. The second-order valence-corrected chi connectivity index (χ2v) is 6.05. The number of aromatic amines is 1. The van der Waals surface area contributed by atoms with Gasteiger partial charge in [-0.1, -0.05) is 59.6 Å². The Bertz CT molecular complexity index is 713. The number of hydrogen-bond acceptors (Lipinski definition) is 0. The molecule has 0 spiro atoms. The van der Waals surface area contributed by atoms with Gasteiger partial charge < -0.3 is 4.98 Å². The highest BCUT2D eigenvalue weighted by Gasteiger charge is 2.12. The third-order valence-electron chi connectivity index (χ3n) is 3.71. The molecular formula is C18H18BrN. The molecule has 3 aromatic rings. The normalized spacial score (nSPS) is 11.1. The van der Waals surface area contributed by atoms with Crippen molar-refractivity contribution in [1.82, 2.24) is 4.98 Å². The van der Waals surface area contributed by atoms with Gasteiger partial charge in [0.25, 0.3) is 0 Å². The van der Waals surface area contributed by atoms with Crippen LogP contribution in [-0.4, -0.2) is 4.98 Å². The molecule has 0 aliphatic carbocycles. The smallest absolute Gasteiger partial charge is 0.0497 e. The first-order valence-electron chi connectivity index (χ1n) is 7.15. The van der Waals surface area contributed by atoms with Gasteiger partial charge in [0.1, 0.15) is 0 Å². The van der Waals surface area contributed by atoms with Crippen LogP contribution in [0.3, 0.4) is 0 Å². The Kier molecular flexibility index (Phi) is 3.93. The van der Waals surface area contributed by atoms with Crippen LogP contribution in [0.4, 0.5) is 0 Å². The van der Waals surface area contributed by atoms with Crippen molar-refractivity contribution in [2.45, 2.75) is 26.2 Å². The summed E-state index contributed by atoms with van der Waals surface area (Å²) in [5.41, 5.74) is 5.20. The Balaban J connectivity index is 2.19. The molecule has 0 atom stereocenters. The predicted octanol–water partition coefficient (Wildman–Crippen LogP) is 5.94. The highest BCUT2D eigenvalue weighted by molar-refractivity contribution is 9.10. The minimum atomic E-state index is 1.12. The van der Waals surface area contributed by atoms with E-state index in [-0.39, 0.29) is 0 Å². The van der Waals surface area contributed by atoms with E-state index in [1.54, 1.807) is 0 Å². The summed E-state index contributed by atoms with van der Waals surface area (Å²) in [6.45, 7) is 2.24. The summed E-state index contributed by atoms with van der Waals surface area (Å²) in [7, 11) is 0. The lowest BCUT2D eigenvalue weighted by atomic mass is 10.0. The molecule has 0 aliphatic rings. The average molecular weight is 328 g/mol. The van der Waals surface area contributed by atoms with Gasteiger partial charge in [0.15, 0.2) is 0 Å². The number of fused-ring (bicyclic) bond motifs is 1. The standard InChI is InChI=1S/C18H18BrN/c1-2-3-9-15-16-12-14(19)10-11-17(16)20-18(15)13-7-5-4-6-8-13/h4-8,10-12,20H,2-3,9H2,1H3. The number of benzene rings is 2. The molecule has 0 fully saturated rings. The molecule has 0 saturated carbocycles. The molecule has 0 amide bonds. The monoisotopic (exact) mass is 327 g/mol. The molecule has 2 heteroatoms. The molecule has 1 heterocycles. The second kappa shape index (κ2) is 5.84. The minimum absolute atomic E-state index is 1.12. The van der Waals surface area contributed by atoms with E-state index in [1.165, 1.54) is 40.6 Å². The van der Waals surface area contributed by atoms with Gasteiger partial charge in [0.2, 0.25) is 0 Å². The van der Waals surface area contributed by atoms with Gasteiger partial charge in [0.05, 0.1) is 0 Å². The van der Waals surface area contributed by atoms with Crippen LogP contribution in [0.2, 0.25) is 0 Å². The molecule has 20 heavy (non-hydrogen) atoms. The average Bonchev–Trinajstić information content (AvgIpc) is 2.84. The second-order valence-electron chi connectivity index (χ2n) is 5.14. The van der Waals surface area contributed by atoms with Crippen LogP contribution in [0.1, 0.15) is 25.3 Å². The fourth-order valence-electron chi connectivity index (χ4n) is 2.68. The van der Waals surface area contributed by atoms with Gasteiger partial charge in [-0.15, -0.1) is 0 Å². The quantitative estimate of drug-likeness (QED) is 0.610. The molecule has 0 bridgehead atoms. The van der Waals surface area contributed by atoms with E-state index in [0.29, 0.717) is 0 Å². The zero-order chi connectivity index (χ0) is 13.9. The first-order valence-corrected chi connectivity index (χ1v) is 7.94. The number of hydrogen-bond donors (Lipinski definition) is 1. The van der Waals surface area contributed by atoms with E-state index in [2.05, 4.69) is 76.4 Å². The zero-order valence-corrected chi connectivity index (χ0v) is 13.2. The summed E-state index contributed by atoms with van der Waals surface area (Å²) in [4.78, 5) is 3.60. The lowest BCUT2D eigenvalue weighted by molar-refractivity contribution is 0.800.